The number of benzene rings is 2. The number of aliphatic imine (C=N–C) groups is 1. The highest BCUT2D eigenvalue weighted by Crippen LogP contribution is 2.13. The highest BCUT2D eigenvalue weighted by molar-refractivity contribution is 5.94. The molecule has 1 aliphatic heterocycles. The molecule has 32 heavy (non-hydrogen) atoms. The van der Waals surface area contributed by atoms with Crippen LogP contribution in [-0.4, -0.2) is 42.4 Å². The molecule has 2 aromatic rings. The van der Waals surface area contributed by atoms with Gasteiger partial charge in [0.2, 0.25) is 0 Å². The Morgan fingerprint density at radius 2 is 1.56 bits per heavy atom. The molecule has 3 rings (SSSR count). The zero-order valence-corrected chi connectivity index (χ0v) is 19.9. The van der Waals surface area contributed by atoms with E-state index in [4.69, 9.17) is 0 Å². The lowest BCUT2D eigenvalue weighted by Crippen LogP contribution is -2.40. The molecule has 172 valence electrons. The third-order valence-electron chi connectivity index (χ3n) is 5.45. The maximum absolute atomic E-state index is 12.4. The van der Waals surface area contributed by atoms with Gasteiger partial charge in [-0.2, -0.15) is 0 Å². The normalized spacial score (nSPS) is 14.9. The number of guanidine groups is 1. The first-order valence-corrected chi connectivity index (χ1v) is 11.5. The van der Waals surface area contributed by atoms with E-state index in [9.17, 15) is 4.79 Å². The highest BCUT2D eigenvalue weighted by Gasteiger charge is 2.15. The number of amides is 1. The molecule has 6 nitrogen and oxygen atoms in total. The molecule has 0 spiro atoms. The molecule has 0 saturated carbocycles. The SMILES string of the molecule is CN=C(NCc1ccc(CN2CCCC2)cc1)NCc1cccc(C(=O)NC(C)(C)C)c1. The van der Waals surface area contributed by atoms with Gasteiger partial charge in [0, 0.05) is 37.8 Å². The lowest BCUT2D eigenvalue weighted by atomic mass is 10.1. The van der Waals surface area contributed by atoms with Gasteiger partial charge in [-0.05, 0) is 75.5 Å². The van der Waals surface area contributed by atoms with Crippen LogP contribution in [0.3, 0.4) is 0 Å². The third-order valence-corrected chi connectivity index (χ3v) is 5.45. The molecular formula is C26H37N5O. The summed E-state index contributed by atoms with van der Waals surface area (Å²) in [5, 5.41) is 9.70. The van der Waals surface area contributed by atoms with Gasteiger partial charge in [-0.15, -0.1) is 0 Å². The lowest BCUT2D eigenvalue weighted by molar-refractivity contribution is 0.0919. The Kier molecular flexibility index (Phi) is 8.28. The molecule has 0 aromatic heterocycles. The quantitative estimate of drug-likeness (QED) is 0.458. The van der Waals surface area contributed by atoms with Gasteiger partial charge in [0.25, 0.3) is 5.91 Å². The fourth-order valence-electron chi connectivity index (χ4n) is 3.79. The molecule has 1 heterocycles. The minimum atomic E-state index is -0.260. The van der Waals surface area contributed by atoms with Crippen LogP contribution in [0.2, 0.25) is 0 Å². The summed E-state index contributed by atoms with van der Waals surface area (Å²) in [5.74, 6) is 0.672. The Balaban J connectivity index is 1.48. The number of hydrogen-bond acceptors (Lipinski definition) is 3. The summed E-state index contributed by atoms with van der Waals surface area (Å²) in [6, 6.07) is 16.5. The van der Waals surface area contributed by atoms with Crippen molar-refractivity contribution in [3.05, 3.63) is 70.8 Å². The largest absolute Gasteiger partial charge is 0.352 e. The lowest BCUT2D eigenvalue weighted by Gasteiger charge is -2.20. The fourth-order valence-corrected chi connectivity index (χ4v) is 3.79. The topological polar surface area (TPSA) is 68.8 Å². The second-order valence-electron chi connectivity index (χ2n) is 9.48. The molecule has 0 atom stereocenters. The van der Waals surface area contributed by atoms with Crippen LogP contribution in [0.4, 0.5) is 0 Å². The molecular weight excluding hydrogens is 398 g/mol. The van der Waals surface area contributed by atoms with Crippen molar-refractivity contribution in [3.63, 3.8) is 0 Å². The van der Waals surface area contributed by atoms with E-state index in [0.29, 0.717) is 18.7 Å². The zero-order chi connectivity index (χ0) is 23.0. The number of nitrogens with zero attached hydrogens (tertiary/aromatic N) is 2. The number of rotatable bonds is 7. The first kappa shape index (κ1) is 23.8. The Bertz CT molecular complexity index is 909. The summed E-state index contributed by atoms with van der Waals surface area (Å²) in [6.07, 6.45) is 2.64. The maximum Gasteiger partial charge on any atom is 0.251 e. The number of likely N-dealkylation sites (tertiary alicyclic amines) is 1. The molecule has 0 bridgehead atoms. The van der Waals surface area contributed by atoms with E-state index in [-0.39, 0.29) is 11.4 Å². The summed E-state index contributed by atoms with van der Waals surface area (Å²) in [4.78, 5) is 19.2. The fraction of sp³-hybridized carbons (Fsp3) is 0.462. The van der Waals surface area contributed by atoms with Crippen molar-refractivity contribution in [3.8, 4) is 0 Å². The molecule has 6 heteroatoms. The van der Waals surface area contributed by atoms with Crippen LogP contribution in [0.15, 0.2) is 53.5 Å². The van der Waals surface area contributed by atoms with Crippen molar-refractivity contribution >= 4 is 11.9 Å². The summed E-state index contributed by atoms with van der Waals surface area (Å²) in [6.45, 7) is 10.7. The van der Waals surface area contributed by atoms with Crippen LogP contribution in [0.5, 0.6) is 0 Å². The van der Waals surface area contributed by atoms with Gasteiger partial charge in [-0.1, -0.05) is 36.4 Å². The Hall–Kier alpha value is -2.86. The van der Waals surface area contributed by atoms with Gasteiger partial charge in [0.05, 0.1) is 0 Å². The summed E-state index contributed by atoms with van der Waals surface area (Å²) < 4.78 is 0. The van der Waals surface area contributed by atoms with Crippen LogP contribution >= 0.6 is 0 Å². The molecule has 0 unspecified atom stereocenters. The molecule has 1 saturated heterocycles. The van der Waals surface area contributed by atoms with Crippen molar-refractivity contribution in [1.82, 2.24) is 20.9 Å². The second-order valence-corrected chi connectivity index (χ2v) is 9.48. The number of carbonyl (C=O) groups is 1. The van der Waals surface area contributed by atoms with Gasteiger partial charge >= 0.3 is 0 Å². The predicted molar refractivity (Wildman–Crippen MR) is 132 cm³/mol. The summed E-state index contributed by atoms with van der Waals surface area (Å²) in [7, 11) is 1.77. The maximum atomic E-state index is 12.4. The van der Waals surface area contributed by atoms with Gasteiger partial charge in [-0.25, -0.2) is 0 Å². The monoisotopic (exact) mass is 435 g/mol. The van der Waals surface area contributed by atoms with E-state index in [2.05, 4.69) is 50.1 Å². The average molecular weight is 436 g/mol. The van der Waals surface area contributed by atoms with E-state index in [0.717, 1.165) is 18.1 Å². The first-order chi connectivity index (χ1) is 15.3. The highest BCUT2D eigenvalue weighted by atomic mass is 16.1. The first-order valence-electron chi connectivity index (χ1n) is 11.5. The molecule has 1 fully saturated rings. The van der Waals surface area contributed by atoms with Crippen LogP contribution < -0.4 is 16.0 Å². The number of nitrogens with one attached hydrogen (secondary N) is 3. The van der Waals surface area contributed by atoms with Crippen molar-refractivity contribution in [2.24, 2.45) is 4.99 Å². The zero-order valence-electron chi connectivity index (χ0n) is 19.9. The van der Waals surface area contributed by atoms with Gasteiger partial charge < -0.3 is 16.0 Å². The molecule has 0 aliphatic carbocycles. The van der Waals surface area contributed by atoms with Crippen LogP contribution in [0, 0.1) is 0 Å². The van der Waals surface area contributed by atoms with Crippen molar-refractivity contribution < 1.29 is 4.79 Å². The summed E-state index contributed by atoms with van der Waals surface area (Å²) in [5.41, 5.74) is 4.02. The van der Waals surface area contributed by atoms with E-state index in [1.54, 1.807) is 7.05 Å². The second kappa shape index (κ2) is 11.1. The number of hydrogen-bond donors (Lipinski definition) is 3. The molecule has 0 radical (unpaired) electrons. The Morgan fingerprint density at radius 1 is 0.938 bits per heavy atom. The van der Waals surface area contributed by atoms with Crippen LogP contribution in [0.1, 0.15) is 60.7 Å². The minimum absolute atomic E-state index is 0.0602. The predicted octanol–water partition coefficient (Wildman–Crippen LogP) is 3.68. The molecule has 1 amide bonds. The Morgan fingerprint density at radius 3 is 2.19 bits per heavy atom. The van der Waals surface area contributed by atoms with Crippen molar-refractivity contribution in [2.75, 3.05) is 20.1 Å². The van der Waals surface area contributed by atoms with Gasteiger partial charge in [-0.3, -0.25) is 14.7 Å². The number of carbonyl (C=O) groups excluding carboxylic acids is 1. The third kappa shape index (κ3) is 7.68. The van der Waals surface area contributed by atoms with Crippen molar-refractivity contribution in [1.29, 1.82) is 0 Å². The molecule has 1 aliphatic rings. The molecule has 2 aromatic carbocycles. The van der Waals surface area contributed by atoms with Crippen molar-refractivity contribution in [2.45, 2.75) is 58.8 Å². The average Bonchev–Trinajstić information content (AvgIpc) is 3.27. The standard InChI is InChI=1S/C26H37N5O/c1-26(2,3)30-24(32)23-9-7-8-22(16-23)18-29-25(27-4)28-17-20-10-12-21(13-11-20)19-31-14-5-6-15-31/h7-13,16H,5-6,14-15,17-19H2,1-4H3,(H,30,32)(H2,27,28,29). The van der Waals surface area contributed by atoms with E-state index in [1.165, 1.54) is 37.1 Å². The molecule has 3 N–H and O–H groups in total. The van der Waals surface area contributed by atoms with Crippen LogP contribution in [-0.2, 0) is 19.6 Å². The van der Waals surface area contributed by atoms with E-state index < -0.39 is 0 Å². The van der Waals surface area contributed by atoms with E-state index in [1.807, 2.05) is 45.0 Å². The van der Waals surface area contributed by atoms with Gasteiger partial charge in [0.15, 0.2) is 5.96 Å². The summed E-state index contributed by atoms with van der Waals surface area (Å²) >= 11 is 0. The smallest absolute Gasteiger partial charge is 0.251 e. The Labute approximate surface area is 192 Å². The minimum Gasteiger partial charge on any atom is -0.352 e. The van der Waals surface area contributed by atoms with E-state index >= 15 is 0 Å². The van der Waals surface area contributed by atoms with Gasteiger partial charge in [0.1, 0.15) is 0 Å². The van der Waals surface area contributed by atoms with Crippen LogP contribution in [0.25, 0.3) is 0 Å².